The number of nitrogens with one attached hydrogen (secondary N) is 1. The molecular formula is C8H18ClNO. The van der Waals surface area contributed by atoms with Gasteiger partial charge in [0.2, 0.25) is 0 Å². The van der Waals surface area contributed by atoms with E-state index in [1.165, 1.54) is 0 Å². The van der Waals surface area contributed by atoms with Crippen molar-refractivity contribution in [2.75, 3.05) is 32.2 Å². The summed E-state index contributed by atoms with van der Waals surface area (Å²) in [5.41, 5.74) is 0. The molecule has 0 amide bonds. The Labute approximate surface area is 74.3 Å². The maximum Gasteiger partial charge on any atom is 0.0590 e. The third kappa shape index (κ3) is 10.2. The number of alkyl halides is 1. The Morgan fingerprint density at radius 3 is 2.73 bits per heavy atom. The van der Waals surface area contributed by atoms with E-state index in [0.717, 1.165) is 45.0 Å². The number of ether oxygens (including phenoxy) is 1. The molecule has 11 heavy (non-hydrogen) atoms. The quantitative estimate of drug-likeness (QED) is 0.452. The lowest BCUT2D eigenvalue weighted by Gasteiger charge is -2.03. The Morgan fingerprint density at radius 1 is 1.27 bits per heavy atom. The molecule has 0 saturated carbocycles. The molecule has 1 N–H and O–H groups in total. The monoisotopic (exact) mass is 179 g/mol. The Morgan fingerprint density at radius 2 is 2.09 bits per heavy atom. The third-order valence-electron chi connectivity index (χ3n) is 1.26. The van der Waals surface area contributed by atoms with Crippen molar-refractivity contribution in [3.05, 3.63) is 0 Å². The van der Waals surface area contributed by atoms with Gasteiger partial charge in [0, 0.05) is 19.0 Å². The van der Waals surface area contributed by atoms with Crippen molar-refractivity contribution >= 4 is 11.6 Å². The van der Waals surface area contributed by atoms with Gasteiger partial charge in [-0.3, -0.25) is 0 Å². The van der Waals surface area contributed by atoms with E-state index in [1.54, 1.807) is 0 Å². The minimum absolute atomic E-state index is 0.739. The zero-order valence-corrected chi connectivity index (χ0v) is 7.99. The predicted octanol–water partition coefficient (Wildman–Crippen LogP) is 1.63. The zero-order chi connectivity index (χ0) is 8.36. The second kappa shape index (κ2) is 10.2. The summed E-state index contributed by atoms with van der Waals surface area (Å²) in [5, 5.41) is 3.24. The lowest BCUT2D eigenvalue weighted by Crippen LogP contribution is -2.21. The van der Waals surface area contributed by atoms with E-state index < -0.39 is 0 Å². The van der Waals surface area contributed by atoms with Crippen LogP contribution < -0.4 is 5.32 Å². The molecule has 3 heteroatoms. The van der Waals surface area contributed by atoms with Gasteiger partial charge in [-0.25, -0.2) is 0 Å². The van der Waals surface area contributed by atoms with E-state index in [1.807, 2.05) is 0 Å². The molecule has 2 nitrogen and oxygen atoms in total. The maximum atomic E-state index is 5.49. The highest BCUT2D eigenvalue weighted by molar-refractivity contribution is 6.17. The van der Waals surface area contributed by atoms with Crippen LogP contribution in [-0.2, 0) is 4.74 Å². The summed E-state index contributed by atoms with van der Waals surface area (Å²) in [6.07, 6.45) is 2.14. The normalized spacial score (nSPS) is 10.4. The molecule has 0 aliphatic heterocycles. The minimum atomic E-state index is 0.739. The first kappa shape index (κ1) is 11.2. The highest BCUT2D eigenvalue weighted by Crippen LogP contribution is 1.81. The Bertz CT molecular complexity index is 63.1. The SMILES string of the molecule is CCCOCCNCCCCl. The highest BCUT2D eigenvalue weighted by atomic mass is 35.5. The number of hydrogen-bond acceptors (Lipinski definition) is 2. The van der Waals surface area contributed by atoms with Gasteiger partial charge < -0.3 is 10.1 Å². The van der Waals surface area contributed by atoms with Crippen LogP contribution in [0.15, 0.2) is 0 Å². The summed E-state index contributed by atoms with van der Waals surface area (Å²) < 4.78 is 5.27. The fourth-order valence-corrected chi connectivity index (χ4v) is 0.841. The fourth-order valence-electron chi connectivity index (χ4n) is 0.708. The standard InChI is InChI=1S/C8H18ClNO/c1-2-7-11-8-6-10-5-3-4-9/h10H,2-8H2,1H3. The lowest BCUT2D eigenvalue weighted by molar-refractivity contribution is 0.136. The minimum Gasteiger partial charge on any atom is -0.380 e. The molecule has 0 aromatic rings. The van der Waals surface area contributed by atoms with Gasteiger partial charge in [0.15, 0.2) is 0 Å². The van der Waals surface area contributed by atoms with Crippen LogP contribution in [0.1, 0.15) is 19.8 Å². The van der Waals surface area contributed by atoms with Gasteiger partial charge in [0.05, 0.1) is 6.61 Å². The summed E-state index contributed by atoms with van der Waals surface area (Å²) in [5.74, 6) is 0.739. The summed E-state index contributed by atoms with van der Waals surface area (Å²) in [7, 11) is 0. The molecule has 0 radical (unpaired) electrons. The van der Waals surface area contributed by atoms with Crippen molar-refractivity contribution in [1.82, 2.24) is 5.32 Å². The molecular weight excluding hydrogens is 162 g/mol. The third-order valence-corrected chi connectivity index (χ3v) is 1.53. The van der Waals surface area contributed by atoms with Crippen LogP contribution in [0.25, 0.3) is 0 Å². The number of hydrogen-bond donors (Lipinski definition) is 1. The lowest BCUT2D eigenvalue weighted by atomic mass is 10.5. The first-order valence-electron chi connectivity index (χ1n) is 4.26. The molecule has 0 unspecified atom stereocenters. The van der Waals surface area contributed by atoms with E-state index in [9.17, 15) is 0 Å². The summed E-state index contributed by atoms with van der Waals surface area (Å²) in [6, 6.07) is 0. The smallest absolute Gasteiger partial charge is 0.0590 e. The van der Waals surface area contributed by atoms with Gasteiger partial charge in [-0.05, 0) is 19.4 Å². The van der Waals surface area contributed by atoms with Crippen LogP contribution in [0.5, 0.6) is 0 Å². The molecule has 0 aromatic carbocycles. The van der Waals surface area contributed by atoms with Gasteiger partial charge in [-0.15, -0.1) is 11.6 Å². The van der Waals surface area contributed by atoms with Gasteiger partial charge in [0.1, 0.15) is 0 Å². The molecule has 0 spiro atoms. The molecule has 0 rings (SSSR count). The average Bonchev–Trinajstić information content (AvgIpc) is 2.03. The maximum absolute atomic E-state index is 5.49. The van der Waals surface area contributed by atoms with Crippen molar-refractivity contribution in [3.8, 4) is 0 Å². The second-order valence-electron chi connectivity index (χ2n) is 2.40. The van der Waals surface area contributed by atoms with E-state index in [2.05, 4.69) is 12.2 Å². The van der Waals surface area contributed by atoms with Crippen LogP contribution in [-0.4, -0.2) is 32.2 Å². The molecule has 0 aromatic heterocycles. The van der Waals surface area contributed by atoms with Crippen molar-refractivity contribution in [1.29, 1.82) is 0 Å². The van der Waals surface area contributed by atoms with Crippen LogP contribution in [0.2, 0.25) is 0 Å². The second-order valence-corrected chi connectivity index (χ2v) is 2.78. The molecule has 0 aliphatic carbocycles. The summed E-state index contributed by atoms with van der Waals surface area (Å²) >= 11 is 5.49. The first-order chi connectivity index (χ1) is 5.41. The zero-order valence-electron chi connectivity index (χ0n) is 7.24. The Hall–Kier alpha value is 0.210. The largest absolute Gasteiger partial charge is 0.380 e. The van der Waals surface area contributed by atoms with E-state index in [0.29, 0.717) is 0 Å². The molecule has 0 saturated heterocycles. The Balaban J connectivity index is 2.69. The summed E-state index contributed by atoms with van der Waals surface area (Å²) in [6.45, 7) is 5.74. The van der Waals surface area contributed by atoms with Gasteiger partial charge >= 0.3 is 0 Å². The van der Waals surface area contributed by atoms with Crippen molar-refractivity contribution in [2.45, 2.75) is 19.8 Å². The van der Waals surface area contributed by atoms with E-state index in [-0.39, 0.29) is 0 Å². The molecule has 0 aliphatic rings. The van der Waals surface area contributed by atoms with Crippen molar-refractivity contribution in [3.63, 3.8) is 0 Å². The number of rotatable bonds is 8. The van der Waals surface area contributed by atoms with Gasteiger partial charge in [0.25, 0.3) is 0 Å². The molecule has 0 atom stereocenters. The Kier molecular flexibility index (Phi) is 10.4. The summed E-state index contributed by atoms with van der Waals surface area (Å²) in [4.78, 5) is 0. The average molecular weight is 180 g/mol. The van der Waals surface area contributed by atoms with Crippen molar-refractivity contribution < 1.29 is 4.74 Å². The fraction of sp³-hybridized carbons (Fsp3) is 1.00. The van der Waals surface area contributed by atoms with Crippen LogP contribution >= 0.6 is 11.6 Å². The molecule has 0 bridgehead atoms. The first-order valence-corrected chi connectivity index (χ1v) is 4.79. The van der Waals surface area contributed by atoms with Crippen LogP contribution in [0.4, 0.5) is 0 Å². The van der Waals surface area contributed by atoms with Gasteiger partial charge in [-0.2, -0.15) is 0 Å². The molecule has 0 fully saturated rings. The predicted molar refractivity (Wildman–Crippen MR) is 49.3 cm³/mol. The van der Waals surface area contributed by atoms with E-state index in [4.69, 9.17) is 16.3 Å². The number of halogens is 1. The van der Waals surface area contributed by atoms with Gasteiger partial charge in [-0.1, -0.05) is 6.92 Å². The molecule has 0 heterocycles. The van der Waals surface area contributed by atoms with Crippen LogP contribution in [0.3, 0.4) is 0 Å². The van der Waals surface area contributed by atoms with E-state index >= 15 is 0 Å². The highest BCUT2D eigenvalue weighted by Gasteiger charge is 1.86. The topological polar surface area (TPSA) is 21.3 Å². The molecule has 68 valence electrons. The van der Waals surface area contributed by atoms with Crippen LogP contribution in [0, 0.1) is 0 Å². The van der Waals surface area contributed by atoms with Crippen molar-refractivity contribution in [2.24, 2.45) is 0 Å².